The normalized spacial score (nSPS) is 23.2. The number of unbranched alkanes of at least 4 members (excludes halogenated alkanes) is 6. The molecule has 8 heteroatoms. The lowest BCUT2D eigenvalue weighted by Gasteiger charge is -2.40. The molecule has 4 rings (SSSR count). The lowest BCUT2D eigenvalue weighted by molar-refractivity contribution is -0.127. The molecule has 2 atom stereocenters. The minimum absolute atomic E-state index is 0.225. The van der Waals surface area contributed by atoms with Gasteiger partial charge in [0.15, 0.2) is 18.2 Å². The molecule has 0 aromatic heterocycles. The summed E-state index contributed by atoms with van der Waals surface area (Å²) in [6.45, 7) is 7.64. The molecule has 0 aliphatic carbocycles. The van der Waals surface area contributed by atoms with Crippen LogP contribution in [0.3, 0.4) is 0 Å². The van der Waals surface area contributed by atoms with Crippen LogP contribution in [-0.4, -0.2) is 89.5 Å². The second-order valence-electron chi connectivity index (χ2n) is 9.76. The van der Waals surface area contributed by atoms with E-state index in [1.807, 2.05) is 0 Å². The highest BCUT2D eigenvalue weighted by molar-refractivity contribution is 6.03. The van der Waals surface area contributed by atoms with E-state index in [2.05, 4.69) is 57.3 Å². The van der Waals surface area contributed by atoms with Crippen LogP contribution in [0.5, 0.6) is 0 Å². The van der Waals surface area contributed by atoms with Crippen molar-refractivity contribution in [3.05, 3.63) is 35.9 Å². The number of likely N-dealkylation sites (N-methyl/N-ethyl adjacent to an activating group) is 1. The van der Waals surface area contributed by atoms with Crippen LogP contribution in [-0.2, 0) is 11.3 Å². The molecular formula is C26H40N6O2. The van der Waals surface area contributed by atoms with Crippen molar-refractivity contribution < 1.29 is 9.59 Å². The molecule has 186 valence electrons. The van der Waals surface area contributed by atoms with Crippen molar-refractivity contribution in [2.24, 2.45) is 4.99 Å². The Kier molecular flexibility index (Phi) is 8.43. The third kappa shape index (κ3) is 5.71. The minimum atomic E-state index is -0.442. The van der Waals surface area contributed by atoms with Crippen molar-refractivity contribution >= 4 is 17.9 Å². The Hall–Kier alpha value is -2.61. The van der Waals surface area contributed by atoms with Crippen LogP contribution in [0.25, 0.3) is 0 Å². The lowest BCUT2D eigenvalue weighted by Crippen LogP contribution is -2.64. The summed E-state index contributed by atoms with van der Waals surface area (Å²) < 4.78 is 0. The van der Waals surface area contributed by atoms with E-state index in [1.165, 1.54) is 37.7 Å². The number of benzene rings is 1. The highest BCUT2D eigenvalue weighted by Gasteiger charge is 2.49. The van der Waals surface area contributed by atoms with Crippen LogP contribution in [0, 0.1) is 0 Å². The van der Waals surface area contributed by atoms with Gasteiger partial charge in [-0.1, -0.05) is 75.8 Å². The largest absolute Gasteiger partial charge is 0.340 e. The number of carbonyl (C=O) groups is 2. The van der Waals surface area contributed by atoms with Gasteiger partial charge in [0.25, 0.3) is 5.91 Å². The van der Waals surface area contributed by atoms with Crippen LogP contribution in [0.4, 0.5) is 4.79 Å². The first-order chi connectivity index (χ1) is 16.6. The average Bonchev–Trinajstić information content (AvgIpc) is 3.23. The summed E-state index contributed by atoms with van der Waals surface area (Å²) in [5, 5.41) is 2.52. The fourth-order valence-corrected chi connectivity index (χ4v) is 5.20. The molecule has 1 N–H and O–H groups in total. The van der Waals surface area contributed by atoms with Crippen molar-refractivity contribution in [1.82, 2.24) is 24.9 Å². The number of aliphatic imine (C=N–C) groups is 1. The first kappa shape index (κ1) is 24.5. The standard InChI is InChI=1S/C26H40N6O2/c1-3-4-5-6-7-8-12-15-32-22-23(29(2)26(34)28-24(22)33)27-25(32)31-18-16-30(17-19-31)20-21-13-10-9-11-14-21/h9-11,13-14,22-23H,3-8,12,15-20H2,1-2H3,(H,28,33,34). The zero-order valence-electron chi connectivity index (χ0n) is 20.8. The number of hydrogen-bond acceptors (Lipinski definition) is 6. The molecule has 0 spiro atoms. The SMILES string of the molecule is CCCCCCCCCN1C(N2CCN(Cc3ccccc3)CC2)=NC2C1C(=O)NC(=O)N2C. The molecule has 8 nitrogen and oxygen atoms in total. The molecule has 2 fully saturated rings. The third-order valence-corrected chi connectivity index (χ3v) is 7.25. The Morgan fingerprint density at radius 1 is 0.941 bits per heavy atom. The van der Waals surface area contributed by atoms with Crippen molar-refractivity contribution in [3.8, 4) is 0 Å². The summed E-state index contributed by atoms with van der Waals surface area (Å²) in [4.78, 5) is 38.5. The summed E-state index contributed by atoms with van der Waals surface area (Å²) in [5.74, 6) is 0.662. The maximum Gasteiger partial charge on any atom is 0.325 e. The van der Waals surface area contributed by atoms with Crippen LogP contribution >= 0.6 is 0 Å². The van der Waals surface area contributed by atoms with Crippen molar-refractivity contribution in [2.75, 3.05) is 39.8 Å². The monoisotopic (exact) mass is 468 g/mol. The minimum Gasteiger partial charge on any atom is -0.340 e. The number of hydrogen-bond donors (Lipinski definition) is 1. The summed E-state index contributed by atoms with van der Waals surface area (Å²) in [7, 11) is 1.73. The number of urea groups is 1. The van der Waals surface area contributed by atoms with E-state index in [-0.39, 0.29) is 11.9 Å². The average molecular weight is 469 g/mol. The van der Waals surface area contributed by atoms with E-state index < -0.39 is 12.2 Å². The molecule has 2 unspecified atom stereocenters. The van der Waals surface area contributed by atoms with Gasteiger partial charge in [-0.15, -0.1) is 0 Å². The second-order valence-corrected chi connectivity index (χ2v) is 9.76. The summed E-state index contributed by atoms with van der Waals surface area (Å²) in [6, 6.07) is 9.79. The van der Waals surface area contributed by atoms with Gasteiger partial charge in [-0.25, -0.2) is 9.79 Å². The Morgan fingerprint density at radius 3 is 2.32 bits per heavy atom. The topological polar surface area (TPSA) is 71.5 Å². The van der Waals surface area contributed by atoms with E-state index >= 15 is 0 Å². The Balaban J connectivity index is 1.38. The Bertz CT molecular complexity index is 852. The van der Waals surface area contributed by atoms with Gasteiger partial charge in [-0.05, 0) is 12.0 Å². The van der Waals surface area contributed by atoms with Crippen LogP contribution in [0.2, 0.25) is 0 Å². The van der Waals surface area contributed by atoms with E-state index in [0.717, 1.165) is 58.1 Å². The number of nitrogens with one attached hydrogen (secondary N) is 1. The van der Waals surface area contributed by atoms with Gasteiger partial charge < -0.3 is 14.7 Å². The number of fused-ring (bicyclic) bond motifs is 1. The van der Waals surface area contributed by atoms with Crippen LogP contribution in [0.1, 0.15) is 57.4 Å². The fourth-order valence-electron chi connectivity index (χ4n) is 5.20. The van der Waals surface area contributed by atoms with Gasteiger partial charge in [0.2, 0.25) is 0 Å². The maximum atomic E-state index is 12.8. The Labute approximate surface area is 204 Å². The molecule has 3 amide bonds. The number of imide groups is 1. The van der Waals surface area contributed by atoms with Crippen molar-refractivity contribution in [2.45, 2.75) is 70.6 Å². The van der Waals surface area contributed by atoms with E-state index in [9.17, 15) is 9.59 Å². The molecule has 3 aliphatic rings. The first-order valence-corrected chi connectivity index (χ1v) is 13.0. The van der Waals surface area contributed by atoms with E-state index in [0.29, 0.717) is 0 Å². The first-order valence-electron chi connectivity index (χ1n) is 13.0. The van der Waals surface area contributed by atoms with Gasteiger partial charge in [0, 0.05) is 46.3 Å². The molecule has 0 saturated carbocycles. The number of piperazine rings is 1. The predicted octanol–water partition coefficient (Wildman–Crippen LogP) is 3.10. The summed E-state index contributed by atoms with van der Waals surface area (Å²) in [5.41, 5.74) is 1.33. The van der Waals surface area contributed by atoms with Crippen LogP contribution in [0.15, 0.2) is 35.3 Å². The molecule has 3 aliphatic heterocycles. The summed E-state index contributed by atoms with van der Waals surface area (Å²) >= 11 is 0. The summed E-state index contributed by atoms with van der Waals surface area (Å²) in [6.07, 6.45) is 8.14. The highest BCUT2D eigenvalue weighted by atomic mass is 16.2. The van der Waals surface area contributed by atoms with E-state index in [1.54, 1.807) is 11.9 Å². The molecule has 34 heavy (non-hydrogen) atoms. The van der Waals surface area contributed by atoms with Gasteiger partial charge in [0.1, 0.15) is 0 Å². The quantitative estimate of drug-likeness (QED) is 0.535. The van der Waals surface area contributed by atoms with Gasteiger partial charge in [0.05, 0.1) is 0 Å². The smallest absolute Gasteiger partial charge is 0.325 e. The molecule has 1 aromatic carbocycles. The number of rotatable bonds is 10. The van der Waals surface area contributed by atoms with Crippen molar-refractivity contribution in [3.63, 3.8) is 0 Å². The zero-order valence-corrected chi connectivity index (χ0v) is 20.8. The maximum absolute atomic E-state index is 12.8. The van der Waals surface area contributed by atoms with Gasteiger partial charge in [-0.3, -0.25) is 15.0 Å². The number of carbonyl (C=O) groups excluding carboxylic acids is 2. The third-order valence-electron chi connectivity index (χ3n) is 7.25. The number of nitrogens with zero attached hydrogens (tertiary/aromatic N) is 5. The molecular weight excluding hydrogens is 428 g/mol. The van der Waals surface area contributed by atoms with Gasteiger partial charge in [-0.2, -0.15) is 0 Å². The van der Waals surface area contributed by atoms with E-state index in [4.69, 9.17) is 4.99 Å². The zero-order chi connectivity index (χ0) is 23.9. The van der Waals surface area contributed by atoms with Gasteiger partial charge >= 0.3 is 6.03 Å². The van der Waals surface area contributed by atoms with Crippen LogP contribution < -0.4 is 5.32 Å². The van der Waals surface area contributed by atoms with Crippen molar-refractivity contribution in [1.29, 1.82) is 0 Å². The Morgan fingerprint density at radius 2 is 1.62 bits per heavy atom. The molecule has 0 radical (unpaired) electrons. The number of amides is 3. The molecule has 1 aromatic rings. The fraction of sp³-hybridized carbons (Fsp3) is 0.654. The highest BCUT2D eigenvalue weighted by Crippen LogP contribution is 2.27. The molecule has 0 bridgehead atoms. The predicted molar refractivity (Wildman–Crippen MR) is 134 cm³/mol. The molecule has 3 heterocycles. The lowest BCUT2D eigenvalue weighted by atomic mass is 10.1. The second kappa shape index (κ2) is 11.7. The number of guanidine groups is 1. The molecule has 2 saturated heterocycles.